The molecule has 0 bridgehead atoms. The van der Waals surface area contributed by atoms with Gasteiger partial charge in [-0.25, -0.2) is 9.97 Å². The lowest BCUT2D eigenvalue weighted by Crippen LogP contribution is -2.01. The van der Waals surface area contributed by atoms with Gasteiger partial charge in [0.2, 0.25) is 11.7 Å². The van der Waals surface area contributed by atoms with Gasteiger partial charge in [-0.2, -0.15) is 0 Å². The van der Waals surface area contributed by atoms with Crippen molar-refractivity contribution in [2.45, 2.75) is 13.8 Å². The number of methoxy groups -OCH3 is 3. The second kappa shape index (κ2) is 7.95. The highest BCUT2D eigenvalue weighted by atomic mass is 16.5. The van der Waals surface area contributed by atoms with Crippen molar-refractivity contribution in [2.75, 3.05) is 26.6 Å². The van der Waals surface area contributed by atoms with E-state index >= 15 is 0 Å². The van der Waals surface area contributed by atoms with Gasteiger partial charge in [-0.15, -0.1) is 0 Å². The van der Waals surface area contributed by atoms with Crippen LogP contribution in [0.15, 0.2) is 42.6 Å². The number of nitrogens with one attached hydrogen (secondary N) is 1. The van der Waals surface area contributed by atoms with Crippen LogP contribution in [0.1, 0.15) is 11.1 Å². The molecule has 0 atom stereocenters. The fourth-order valence-corrected chi connectivity index (χ4v) is 3.05. The summed E-state index contributed by atoms with van der Waals surface area (Å²) in [6.45, 7) is 4.12. The number of rotatable bonds is 6. The molecule has 0 fully saturated rings. The first kappa shape index (κ1) is 18.5. The van der Waals surface area contributed by atoms with Crippen molar-refractivity contribution in [2.24, 2.45) is 0 Å². The Balaban J connectivity index is 2.00. The second-order valence-electron chi connectivity index (χ2n) is 6.15. The molecule has 27 heavy (non-hydrogen) atoms. The van der Waals surface area contributed by atoms with Gasteiger partial charge >= 0.3 is 0 Å². The van der Waals surface area contributed by atoms with Crippen LogP contribution >= 0.6 is 0 Å². The highest BCUT2D eigenvalue weighted by Crippen LogP contribution is 2.43. The van der Waals surface area contributed by atoms with E-state index < -0.39 is 0 Å². The Bertz CT molecular complexity index is 937. The van der Waals surface area contributed by atoms with Crippen molar-refractivity contribution in [3.63, 3.8) is 0 Å². The quantitative estimate of drug-likeness (QED) is 0.692. The fraction of sp³-hybridized carbons (Fsp3) is 0.238. The zero-order valence-electron chi connectivity index (χ0n) is 16.2. The van der Waals surface area contributed by atoms with Gasteiger partial charge in [0, 0.05) is 17.4 Å². The predicted molar refractivity (Wildman–Crippen MR) is 106 cm³/mol. The van der Waals surface area contributed by atoms with Crippen LogP contribution in [0.4, 0.5) is 11.6 Å². The summed E-state index contributed by atoms with van der Waals surface area (Å²) in [6, 6.07) is 11.8. The number of aromatic nitrogens is 2. The minimum Gasteiger partial charge on any atom is -0.493 e. The number of benzene rings is 2. The molecule has 0 aliphatic heterocycles. The van der Waals surface area contributed by atoms with Crippen LogP contribution in [0.25, 0.3) is 11.3 Å². The van der Waals surface area contributed by atoms with Gasteiger partial charge in [0.15, 0.2) is 11.5 Å². The molecule has 1 N–H and O–H groups in total. The van der Waals surface area contributed by atoms with Gasteiger partial charge in [0.25, 0.3) is 0 Å². The molecule has 0 saturated carbocycles. The Morgan fingerprint density at radius 1 is 0.815 bits per heavy atom. The monoisotopic (exact) mass is 365 g/mol. The zero-order valence-corrected chi connectivity index (χ0v) is 16.2. The van der Waals surface area contributed by atoms with E-state index in [2.05, 4.69) is 47.3 Å². The van der Waals surface area contributed by atoms with Crippen LogP contribution in [0.5, 0.6) is 17.2 Å². The number of nitrogens with zero attached hydrogens (tertiary/aromatic N) is 2. The molecule has 140 valence electrons. The Morgan fingerprint density at radius 2 is 1.52 bits per heavy atom. The molecule has 0 unspecified atom stereocenters. The molecule has 0 amide bonds. The van der Waals surface area contributed by atoms with Gasteiger partial charge in [-0.1, -0.05) is 6.07 Å². The number of hydrogen-bond donors (Lipinski definition) is 1. The molecule has 2 aromatic carbocycles. The maximum Gasteiger partial charge on any atom is 0.227 e. The minimum absolute atomic E-state index is 0.509. The van der Waals surface area contributed by atoms with Crippen LogP contribution in [0, 0.1) is 13.8 Å². The molecule has 6 nitrogen and oxygen atoms in total. The number of aryl methyl sites for hydroxylation is 2. The smallest absolute Gasteiger partial charge is 0.227 e. The largest absolute Gasteiger partial charge is 0.493 e. The highest BCUT2D eigenvalue weighted by molar-refractivity contribution is 5.74. The molecular formula is C21H23N3O3. The molecule has 6 heteroatoms. The summed E-state index contributed by atoms with van der Waals surface area (Å²) in [4.78, 5) is 8.97. The molecule has 0 aliphatic carbocycles. The topological polar surface area (TPSA) is 65.5 Å². The van der Waals surface area contributed by atoms with Gasteiger partial charge < -0.3 is 19.5 Å². The lowest BCUT2D eigenvalue weighted by molar-refractivity contribution is 0.325. The Hall–Kier alpha value is -3.28. The third-order valence-electron chi connectivity index (χ3n) is 4.11. The SMILES string of the molecule is COc1ccc(-c2ccnc(Nc3cc(C)cc(C)c3)n2)c(OC)c1OC. The van der Waals surface area contributed by atoms with Crippen molar-refractivity contribution in [3.05, 3.63) is 53.7 Å². The van der Waals surface area contributed by atoms with Crippen molar-refractivity contribution in [3.8, 4) is 28.5 Å². The molecule has 0 spiro atoms. The molecular weight excluding hydrogens is 342 g/mol. The minimum atomic E-state index is 0.509. The van der Waals surface area contributed by atoms with Crippen LogP contribution in [-0.2, 0) is 0 Å². The van der Waals surface area contributed by atoms with E-state index in [-0.39, 0.29) is 0 Å². The molecule has 3 rings (SSSR count). The van der Waals surface area contributed by atoms with Gasteiger partial charge in [0.05, 0.1) is 27.0 Å². The van der Waals surface area contributed by atoms with Crippen LogP contribution in [0.2, 0.25) is 0 Å². The van der Waals surface area contributed by atoms with Crippen LogP contribution in [0.3, 0.4) is 0 Å². The third kappa shape index (κ3) is 3.95. The molecule has 1 heterocycles. The van der Waals surface area contributed by atoms with Gasteiger partial charge in [-0.05, 0) is 55.3 Å². The second-order valence-corrected chi connectivity index (χ2v) is 6.15. The summed E-state index contributed by atoms with van der Waals surface area (Å²) in [7, 11) is 4.77. The van der Waals surface area contributed by atoms with Gasteiger partial charge in [0.1, 0.15) is 0 Å². The highest BCUT2D eigenvalue weighted by Gasteiger charge is 2.18. The third-order valence-corrected chi connectivity index (χ3v) is 4.11. The summed E-state index contributed by atoms with van der Waals surface area (Å²) in [5, 5.41) is 3.27. The Morgan fingerprint density at radius 3 is 2.15 bits per heavy atom. The van der Waals surface area contributed by atoms with E-state index in [0.717, 1.165) is 16.9 Å². The normalized spacial score (nSPS) is 10.4. The van der Waals surface area contributed by atoms with Crippen molar-refractivity contribution in [1.82, 2.24) is 9.97 Å². The maximum absolute atomic E-state index is 5.57. The maximum atomic E-state index is 5.57. The van der Waals surface area contributed by atoms with Crippen LogP contribution in [-0.4, -0.2) is 31.3 Å². The van der Waals surface area contributed by atoms with E-state index in [4.69, 9.17) is 14.2 Å². The van der Waals surface area contributed by atoms with E-state index in [0.29, 0.717) is 23.2 Å². The van der Waals surface area contributed by atoms with E-state index in [1.165, 1.54) is 11.1 Å². The summed E-state index contributed by atoms with van der Waals surface area (Å²) in [5.41, 5.74) is 4.81. The lowest BCUT2D eigenvalue weighted by Gasteiger charge is -2.15. The lowest BCUT2D eigenvalue weighted by atomic mass is 10.1. The van der Waals surface area contributed by atoms with E-state index in [1.807, 2.05) is 18.2 Å². The predicted octanol–water partition coefficient (Wildman–Crippen LogP) is 4.53. The fourth-order valence-electron chi connectivity index (χ4n) is 3.05. The molecule has 0 aliphatic rings. The molecule has 0 radical (unpaired) electrons. The van der Waals surface area contributed by atoms with E-state index in [9.17, 15) is 0 Å². The van der Waals surface area contributed by atoms with Crippen molar-refractivity contribution < 1.29 is 14.2 Å². The standard InChI is InChI=1S/C21H23N3O3/c1-13-10-14(2)12-15(11-13)23-21-22-9-8-17(24-21)16-6-7-18(25-3)20(27-5)19(16)26-4/h6-12H,1-5H3,(H,22,23,24). The van der Waals surface area contributed by atoms with Crippen molar-refractivity contribution in [1.29, 1.82) is 0 Å². The molecule has 1 aromatic heterocycles. The van der Waals surface area contributed by atoms with E-state index in [1.54, 1.807) is 27.5 Å². The Kier molecular flexibility index (Phi) is 5.45. The van der Waals surface area contributed by atoms with Crippen molar-refractivity contribution >= 4 is 11.6 Å². The summed E-state index contributed by atoms with van der Waals surface area (Å²) in [5.74, 6) is 2.20. The van der Waals surface area contributed by atoms with Gasteiger partial charge in [-0.3, -0.25) is 0 Å². The number of anilines is 2. The summed E-state index contributed by atoms with van der Waals surface area (Å²) >= 11 is 0. The molecule has 0 saturated heterocycles. The zero-order chi connectivity index (χ0) is 19.4. The first-order valence-corrected chi connectivity index (χ1v) is 8.53. The number of hydrogen-bond acceptors (Lipinski definition) is 6. The molecule has 3 aromatic rings. The first-order valence-electron chi connectivity index (χ1n) is 8.53. The Labute approximate surface area is 159 Å². The van der Waals surface area contributed by atoms with Crippen LogP contribution < -0.4 is 19.5 Å². The number of ether oxygens (including phenoxy) is 3. The average molecular weight is 365 g/mol. The summed E-state index contributed by atoms with van der Waals surface area (Å²) < 4.78 is 16.4. The summed E-state index contributed by atoms with van der Waals surface area (Å²) in [6.07, 6.45) is 1.71. The first-order chi connectivity index (χ1) is 13.0. The average Bonchev–Trinajstić information content (AvgIpc) is 2.66.